The van der Waals surface area contributed by atoms with Crippen LogP contribution in [0, 0.1) is 4.77 Å². The summed E-state index contributed by atoms with van der Waals surface area (Å²) in [6.45, 7) is 0.905. The Bertz CT molecular complexity index is 667. The molecule has 0 aliphatic heterocycles. The predicted molar refractivity (Wildman–Crippen MR) is 82.4 cm³/mol. The average Bonchev–Trinajstić information content (AvgIpc) is 2.60. The molecule has 1 aromatic heterocycles. The van der Waals surface area contributed by atoms with Gasteiger partial charge in [-0.25, -0.2) is 0 Å². The minimum Gasteiger partial charge on any atom is -0.331 e. The van der Waals surface area contributed by atoms with E-state index >= 15 is 0 Å². The first-order chi connectivity index (χ1) is 9.03. The Labute approximate surface area is 123 Å². The van der Waals surface area contributed by atoms with Crippen LogP contribution in [0.4, 0.5) is 0 Å². The Morgan fingerprint density at radius 2 is 2.16 bits per heavy atom. The minimum absolute atomic E-state index is 0.229. The van der Waals surface area contributed by atoms with Crippen molar-refractivity contribution >= 4 is 34.9 Å². The third kappa shape index (κ3) is 2.02. The molecule has 0 bridgehead atoms. The molecule has 1 saturated carbocycles. The number of imidazole rings is 1. The zero-order valence-electron chi connectivity index (χ0n) is 11.2. The molecule has 0 unspecified atom stereocenters. The summed E-state index contributed by atoms with van der Waals surface area (Å²) in [5.41, 5.74) is 2.28. The van der Waals surface area contributed by atoms with Crippen LogP contribution in [0.1, 0.15) is 19.3 Å². The summed E-state index contributed by atoms with van der Waals surface area (Å²) in [6, 6.07) is 5.90. The van der Waals surface area contributed by atoms with Gasteiger partial charge in [-0.15, -0.1) is 0 Å². The van der Waals surface area contributed by atoms with Gasteiger partial charge in [0.1, 0.15) is 0 Å². The lowest BCUT2D eigenvalue weighted by Crippen LogP contribution is -2.53. The molecule has 19 heavy (non-hydrogen) atoms. The van der Waals surface area contributed by atoms with Gasteiger partial charge in [0.2, 0.25) is 0 Å². The van der Waals surface area contributed by atoms with Gasteiger partial charge in [-0.1, -0.05) is 17.7 Å². The third-order valence-corrected chi connectivity index (χ3v) is 5.06. The van der Waals surface area contributed by atoms with Gasteiger partial charge in [-0.2, -0.15) is 0 Å². The standard InChI is InChI=1S/C14H18ClN3S/c1-17(2)14(7-4-8-14)9-18-12-10(15)5-3-6-11(12)16-13(18)19/h3,5-6H,4,7-9H2,1-2H3,(H,16,19). The molecule has 0 spiro atoms. The van der Waals surface area contributed by atoms with E-state index in [0.717, 1.165) is 27.4 Å². The van der Waals surface area contributed by atoms with E-state index in [1.807, 2.05) is 18.2 Å². The molecule has 102 valence electrons. The van der Waals surface area contributed by atoms with Crippen LogP contribution in [0.15, 0.2) is 18.2 Å². The second kappa shape index (κ2) is 4.62. The molecule has 3 nitrogen and oxygen atoms in total. The summed E-state index contributed by atoms with van der Waals surface area (Å²) >= 11 is 11.8. The van der Waals surface area contributed by atoms with Crippen LogP contribution in [0.25, 0.3) is 11.0 Å². The van der Waals surface area contributed by atoms with Crippen molar-refractivity contribution in [2.75, 3.05) is 14.1 Å². The fourth-order valence-corrected chi connectivity index (χ4v) is 3.49. The highest BCUT2D eigenvalue weighted by Gasteiger charge is 2.39. The van der Waals surface area contributed by atoms with Crippen LogP contribution < -0.4 is 0 Å². The Kier molecular flexibility index (Phi) is 3.20. The summed E-state index contributed by atoms with van der Waals surface area (Å²) in [4.78, 5) is 5.58. The highest BCUT2D eigenvalue weighted by atomic mass is 35.5. The summed E-state index contributed by atoms with van der Waals surface area (Å²) in [6.07, 6.45) is 3.74. The first kappa shape index (κ1) is 13.2. The van der Waals surface area contributed by atoms with Crippen molar-refractivity contribution in [3.63, 3.8) is 0 Å². The van der Waals surface area contributed by atoms with E-state index in [1.54, 1.807) is 0 Å². The van der Waals surface area contributed by atoms with E-state index in [9.17, 15) is 0 Å². The lowest BCUT2D eigenvalue weighted by Gasteiger charge is -2.47. The van der Waals surface area contributed by atoms with Crippen molar-refractivity contribution in [3.8, 4) is 0 Å². The SMILES string of the molecule is CN(C)C1(Cn2c(=S)[nH]c3cccc(Cl)c32)CCC1. The lowest BCUT2D eigenvalue weighted by molar-refractivity contribution is 0.0431. The Morgan fingerprint density at radius 1 is 1.42 bits per heavy atom. The number of fused-ring (bicyclic) bond motifs is 1. The quantitative estimate of drug-likeness (QED) is 0.870. The molecule has 0 atom stereocenters. The van der Waals surface area contributed by atoms with Crippen LogP contribution >= 0.6 is 23.8 Å². The number of hydrogen-bond donors (Lipinski definition) is 1. The Balaban J connectivity index is 2.10. The first-order valence-corrected chi connectivity index (χ1v) is 7.37. The maximum absolute atomic E-state index is 6.34. The number of nitrogens with zero attached hydrogens (tertiary/aromatic N) is 2. The molecule has 1 aromatic carbocycles. The fourth-order valence-electron chi connectivity index (χ4n) is 2.95. The molecule has 0 radical (unpaired) electrons. The monoisotopic (exact) mass is 295 g/mol. The highest BCUT2D eigenvalue weighted by Crippen LogP contribution is 2.38. The summed E-state index contributed by atoms with van der Waals surface area (Å²) < 4.78 is 2.92. The number of aromatic amines is 1. The first-order valence-electron chi connectivity index (χ1n) is 6.58. The Morgan fingerprint density at radius 3 is 2.74 bits per heavy atom. The molecule has 1 fully saturated rings. The van der Waals surface area contributed by atoms with E-state index in [-0.39, 0.29) is 5.54 Å². The van der Waals surface area contributed by atoms with Crippen LogP contribution in [0.3, 0.4) is 0 Å². The molecular formula is C14H18ClN3S. The van der Waals surface area contributed by atoms with E-state index < -0.39 is 0 Å². The van der Waals surface area contributed by atoms with Crippen LogP contribution in [0.5, 0.6) is 0 Å². The highest BCUT2D eigenvalue weighted by molar-refractivity contribution is 7.71. The van der Waals surface area contributed by atoms with Crippen molar-refractivity contribution < 1.29 is 0 Å². The van der Waals surface area contributed by atoms with Gasteiger partial charge in [0, 0.05) is 12.1 Å². The maximum Gasteiger partial charge on any atom is 0.178 e. The number of para-hydroxylation sites is 1. The largest absolute Gasteiger partial charge is 0.331 e. The minimum atomic E-state index is 0.229. The van der Waals surface area contributed by atoms with E-state index in [2.05, 4.69) is 28.5 Å². The second-order valence-corrected chi connectivity index (χ2v) is 6.42. The summed E-state index contributed by atoms with van der Waals surface area (Å²) in [5.74, 6) is 0. The number of aromatic nitrogens is 2. The summed E-state index contributed by atoms with van der Waals surface area (Å²) in [5, 5.41) is 0.762. The predicted octanol–water partition coefficient (Wildman–Crippen LogP) is 3.84. The van der Waals surface area contributed by atoms with Crippen molar-refractivity contribution in [2.45, 2.75) is 31.3 Å². The van der Waals surface area contributed by atoms with Gasteiger partial charge in [0.25, 0.3) is 0 Å². The van der Waals surface area contributed by atoms with Gasteiger partial charge >= 0.3 is 0 Å². The zero-order chi connectivity index (χ0) is 13.6. The number of H-pyrrole nitrogens is 1. The molecule has 2 aromatic rings. The summed E-state index contributed by atoms with van der Waals surface area (Å²) in [7, 11) is 4.30. The Hall–Kier alpha value is -0.840. The normalized spacial score (nSPS) is 17.9. The number of halogens is 1. The lowest BCUT2D eigenvalue weighted by atomic mass is 9.75. The van der Waals surface area contributed by atoms with Crippen LogP contribution in [-0.4, -0.2) is 34.1 Å². The van der Waals surface area contributed by atoms with Crippen LogP contribution in [0.2, 0.25) is 5.02 Å². The zero-order valence-corrected chi connectivity index (χ0v) is 12.8. The molecule has 1 aliphatic rings. The van der Waals surface area contributed by atoms with Crippen molar-refractivity contribution in [3.05, 3.63) is 28.0 Å². The average molecular weight is 296 g/mol. The van der Waals surface area contributed by atoms with Gasteiger partial charge in [0.05, 0.1) is 16.1 Å². The van der Waals surface area contributed by atoms with E-state index in [4.69, 9.17) is 23.8 Å². The van der Waals surface area contributed by atoms with Crippen molar-refractivity contribution in [2.24, 2.45) is 0 Å². The molecule has 1 heterocycles. The number of rotatable bonds is 3. The molecular weight excluding hydrogens is 278 g/mol. The van der Waals surface area contributed by atoms with Crippen molar-refractivity contribution in [1.29, 1.82) is 0 Å². The molecule has 1 N–H and O–H groups in total. The van der Waals surface area contributed by atoms with Gasteiger partial charge in [-0.3, -0.25) is 0 Å². The van der Waals surface area contributed by atoms with E-state index in [1.165, 1.54) is 19.3 Å². The van der Waals surface area contributed by atoms with Crippen molar-refractivity contribution in [1.82, 2.24) is 14.5 Å². The maximum atomic E-state index is 6.34. The molecule has 1 aliphatic carbocycles. The molecule has 5 heteroatoms. The van der Waals surface area contributed by atoms with Gasteiger partial charge in [-0.05, 0) is 57.7 Å². The third-order valence-electron chi connectivity index (χ3n) is 4.43. The number of hydrogen-bond acceptors (Lipinski definition) is 2. The number of benzene rings is 1. The molecule has 3 rings (SSSR count). The van der Waals surface area contributed by atoms with Crippen LogP contribution in [-0.2, 0) is 6.54 Å². The fraction of sp³-hybridized carbons (Fsp3) is 0.500. The molecule has 0 amide bonds. The second-order valence-electron chi connectivity index (χ2n) is 5.62. The smallest absolute Gasteiger partial charge is 0.178 e. The van der Waals surface area contributed by atoms with Gasteiger partial charge in [0.15, 0.2) is 4.77 Å². The molecule has 0 saturated heterocycles. The van der Waals surface area contributed by atoms with E-state index in [0.29, 0.717) is 0 Å². The number of likely N-dealkylation sites (N-methyl/N-ethyl adjacent to an activating group) is 1. The topological polar surface area (TPSA) is 24.0 Å². The number of nitrogens with one attached hydrogen (secondary N) is 1. The van der Waals surface area contributed by atoms with Gasteiger partial charge < -0.3 is 14.5 Å².